The molecule has 14 heavy (non-hydrogen) atoms. The monoisotopic (exact) mass is 198 g/mol. The Bertz CT molecular complexity index is 233. The Kier molecular flexibility index (Phi) is 3.67. The van der Waals surface area contributed by atoms with E-state index in [4.69, 9.17) is 5.11 Å². The summed E-state index contributed by atoms with van der Waals surface area (Å²) in [5.74, 6) is -0.319. The molecule has 0 amide bonds. The van der Waals surface area contributed by atoms with Crippen molar-refractivity contribution in [2.75, 3.05) is 0 Å². The van der Waals surface area contributed by atoms with Gasteiger partial charge in [0, 0.05) is 12.3 Å². The van der Waals surface area contributed by atoms with Crippen LogP contribution in [0.4, 0.5) is 0 Å². The minimum Gasteiger partial charge on any atom is -0.481 e. The molecule has 1 fully saturated rings. The molecule has 1 rings (SSSR count). The average molecular weight is 198 g/mol. The third-order valence-corrected chi connectivity index (χ3v) is 2.87. The number of ketones is 1. The Hall–Kier alpha value is -0.860. The Morgan fingerprint density at radius 2 is 2.21 bits per heavy atom. The van der Waals surface area contributed by atoms with E-state index in [9.17, 15) is 9.59 Å². The van der Waals surface area contributed by atoms with Crippen LogP contribution in [0.25, 0.3) is 0 Å². The van der Waals surface area contributed by atoms with Crippen molar-refractivity contribution in [3.05, 3.63) is 0 Å². The molecule has 80 valence electrons. The fourth-order valence-corrected chi connectivity index (χ4v) is 2.13. The summed E-state index contributed by atoms with van der Waals surface area (Å²) < 4.78 is 0. The van der Waals surface area contributed by atoms with E-state index in [1.807, 2.05) is 0 Å². The molecule has 0 aromatic carbocycles. The van der Waals surface area contributed by atoms with E-state index in [1.165, 1.54) is 0 Å². The molecule has 1 aliphatic rings. The van der Waals surface area contributed by atoms with Gasteiger partial charge in [0.2, 0.25) is 0 Å². The largest absolute Gasteiger partial charge is 0.481 e. The van der Waals surface area contributed by atoms with Gasteiger partial charge in [0.15, 0.2) is 0 Å². The van der Waals surface area contributed by atoms with Crippen molar-refractivity contribution < 1.29 is 14.7 Å². The lowest BCUT2D eigenvalue weighted by Crippen LogP contribution is -2.30. The lowest BCUT2D eigenvalue weighted by Gasteiger charge is -2.26. The second-order valence-electron chi connectivity index (χ2n) is 4.60. The maximum Gasteiger partial charge on any atom is 0.306 e. The average Bonchev–Trinajstić information content (AvgIpc) is 2.07. The first-order chi connectivity index (χ1) is 6.50. The van der Waals surface area contributed by atoms with E-state index in [0.29, 0.717) is 25.2 Å². The standard InChI is InChI=1S/C11H18O3/c1-7(2)5-9-6-8(11(13)14)3-4-10(9)12/h7-9H,3-6H2,1-2H3,(H,13,14). The number of hydrogen-bond donors (Lipinski definition) is 1. The van der Waals surface area contributed by atoms with Crippen molar-refractivity contribution in [3.63, 3.8) is 0 Å². The van der Waals surface area contributed by atoms with Crippen LogP contribution in [0.2, 0.25) is 0 Å². The van der Waals surface area contributed by atoms with Crippen molar-refractivity contribution in [2.45, 2.75) is 39.5 Å². The highest BCUT2D eigenvalue weighted by atomic mass is 16.4. The number of rotatable bonds is 3. The maximum atomic E-state index is 11.5. The highest BCUT2D eigenvalue weighted by Gasteiger charge is 2.32. The predicted molar refractivity (Wildman–Crippen MR) is 52.9 cm³/mol. The highest BCUT2D eigenvalue weighted by molar-refractivity contribution is 5.84. The van der Waals surface area contributed by atoms with Gasteiger partial charge in [-0.05, 0) is 25.2 Å². The number of carboxylic acids is 1. The molecule has 0 aromatic rings. The van der Waals surface area contributed by atoms with Crippen molar-refractivity contribution >= 4 is 11.8 Å². The van der Waals surface area contributed by atoms with Gasteiger partial charge < -0.3 is 5.11 Å². The Balaban J connectivity index is 2.55. The molecule has 1 aliphatic carbocycles. The fourth-order valence-electron chi connectivity index (χ4n) is 2.13. The number of aliphatic carboxylic acids is 1. The zero-order valence-electron chi connectivity index (χ0n) is 8.82. The maximum absolute atomic E-state index is 11.5. The number of carboxylic acid groups (broad SMARTS) is 1. The van der Waals surface area contributed by atoms with Gasteiger partial charge in [0.05, 0.1) is 5.92 Å². The van der Waals surface area contributed by atoms with Crippen molar-refractivity contribution in [3.8, 4) is 0 Å². The molecule has 3 heteroatoms. The van der Waals surface area contributed by atoms with Crippen LogP contribution in [-0.2, 0) is 9.59 Å². The number of carbonyl (C=O) groups is 2. The summed E-state index contributed by atoms with van der Waals surface area (Å²) in [7, 11) is 0. The van der Waals surface area contributed by atoms with Gasteiger partial charge in [-0.3, -0.25) is 9.59 Å². The van der Waals surface area contributed by atoms with Crippen LogP contribution in [0.1, 0.15) is 39.5 Å². The minimum absolute atomic E-state index is 0.00940. The summed E-state index contributed by atoms with van der Waals surface area (Å²) in [5, 5.41) is 8.87. The first-order valence-electron chi connectivity index (χ1n) is 5.26. The molecule has 0 aromatic heterocycles. The van der Waals surface area contributed by atoms with Gasteiger partial charge in [-0.25, -0.2) is 0 Å². The summed E-state index contributed by atoms with van der Waals surface area (Å²) in [5.41, 5.74) is 0. The van der Waals surface area contributed by atoms with Crippen LogP contribution < -0.4 is 0 Å². The zero-order chi connectivity index (χ0) is 10.7. The van der Waals surface area contributed by atoms with Crippen LogP contribution >= 0.6 is 0 Å². The van der Waals surface area contributed by atoms with Gasteiger partial charge >= 0.3 is 5.97 Å². The Labute approximate surface area is 84.5 Å². The third-order valence-electron chi connectivity index (χ3n) is 2.87. The second kappa shape index (κ2) is 4.58. The van der Waals surface area contributed by atoms with Gasteiger partial charge in [-0.2, -0.15) is 0 Å². The highest BCUT2D eigenvalue weighted by Crippen LogP contribution is 2.30. The van der Waals surface area contributed by atoms with E-state index in [1.54, 1.807) is 0 Å². The molecule has 1 saturated carbocycles. The number of Topliss-reactive ketones (excluding diaryl/α,β-unsaturated/α-hetero) is 1. The molecule has 1 N–H and O–H groups in total. The normalized spacial score (nSPS) is 28.1. The first-order valence-corrected chi connectivity index (χ1v) is 5.26. The predicted octanol–water partition coefficient (Wildman–Crippen LogP) is 2.10. The van der Waals surface area contributed by atoms with Crippen molar-refractivity contribution in [1.29, 1.82) is 0 Å². The molecule has 2 unspecified atom stereocenters. The molecule has 2 atom stereocenters. The van der Waals surface area contributed by atoms with Crippen LogP contribution in [0.3, 0.4) is 0 Å². The summed E-state index contributed by atoms with van der Waals surface area (Å²) >= 11 is 0. The second-order valence-corrected chi connectivity index (χ2v) is 4.60. The molecule has 0 spiro atoms. The summed E-state index contributed by atoms with van der Waals surface area (Å²) in [6.45, 7) is 4.13. The lowest BCUT2D eigenvalue weighted by molar-refractivity contribution is -0.144. The Morgan fingerprint density at radius 1 is 1.57 bits per heavy atom. The lowest BCUT2D eigenvalue weighted by atomic mass is 9.77. The van der Waals surface area contributed by atoms with Gasteiger partial charge in [-0.1, -0.05) is 13.8 Å². The quantitative estimate of drug-likeness (QED) is 0.755. The van der Waals surface area contributed by atoms with E-state index < -0.39 is 5.97 Å². The molecule has 0 bridgehead atoms. The van der Waals surface area contributed by atoms with E-state index in [0.717, 1.165) is 6.42 Å². The van der Waals surface area contributed by atoms with E-state index in [2.05, 4.69) is 13.8 Å². The third kappa shape index (κ3) is 2.82. The van der Waals surface area contributed by atoms with Crippen LogP contribution in [0.5, 0.6) is 0 Å². The number of carbonyl (C=O) groups excluding carboxylic acids is 1. The van der Waals surface area contributed by atoms with Gasteiger partial charge in [0.25, 0.3) is 0 Å². The molecular weight excluding hydrogens is 180 g/mol. The molecule has 0 radical (unpaired) electrons. The van der Waals surface area contributed by atoms with E-state index >= 15 is 0 Å². The molecule has 0 heterocycles. The number of hydrogen-bond acceptors (Lipinski definition) is 2. The smallest absolute Gasteiger partial charge is 0.306 e. The SMILES string of the molecule is CC(C)CC1CC(C(=O)O)CCC1=O. The van der Waals surface area contributed by atoms with Crippen LogP contribution in [-0.4, -0.2) is 16.9 Å². The summed E-state index contributed by atoms with van der Waals surface area (Å²) in [6, 6.07) is 0. The first kappa shape index (κ1) is 11.2. The van der Waals surface area contributed by atoms with Crippen molar-refractivity contribution in [2.24, 2.45) is 17.8 Å². The van der Waals surface area contributed by atoms with Gasteiger partial charge in [0.1, 0.15) is 5.78 Å². The Morgan fingerprint density at radius 3 is 2.71 bits per heavy atom. The molecular formula is C11H18O3. The molecule has 0 saturated heterocycles. The molecule has 0 aliphatic heterocycles. The summed E-state index contributed by atoms with van der Waals surface area (Å²) in [6.07, 6.45) is 2.37. The van der Waals surface area contributed by atoms with E-state index in [-0.39, 0.29) is 17.6 Å². The minimum atomic E-state index is -0.744. The summed E-state index contributed by atoms with van der Waals surface area (Å²) in [4.78, 5) is 22.3. The topological polar surface area (TPSA) is 54.4 Å². The fraction of sp³-hybridized carbons (Fsp3) is 0.818. The van der Waals surface area contributed by atoms with Gasteiger partial charge in [-0.15, -0.1) is 0 Å². The molecule has 3 nitrogen and oxygen atoms in total. The van der Waals surface area contributed by atoms with Crippen LogP contribution in [0.15, 0.2) is 0 Å². The van der Waals surface area contributed by atoms with Crippen LogP contribution in [0, 0.1) is 17.8 Å². The zero-order valence-corrected chi connectivity index (χ0v) is 8.82. The van der Waals surface area contributed by atoms with Crippen molar-refractivity contribution in [1.82, 2.24) is 0 Å².